The number of carbonyl (C=O) groups is 2. The molecule has 0 saturated carbocycles. The maximum Gasteiger partial charge on any atom is 0.325 e. The molecular formula is C15H16N2O3. The standard InChI is InChI=1S/C15H16N2O3/c1-8(15(19)20)16-14(18)11-6-2-5-10-9-4-3-7-12(9)17-13(10)11/h2,5-6,8,17H,3-4,7H2,1H3,(H,16,18)(H,19,20). The van der Waals surface area contributed by atoms with Crippen LogP contribution in [0.4, 0.5) is 0 Å². The molecule has 0 fully saturated rings. The number of aromatic nitrogens is 1. The van der Waals surface area contributed by atoms with Crippen molar-refractivity contribution in [3.63, 3.8) is 0 Å². The Balaban J connectivity index is 2.00. The van der Waals surface area contributed by atoms with E-state index in [1.54, 1.807) is 6.07 Å². The summed E-state index contributed by atoms with van der Waals surface area (Å²) in [5.74, 6) is -1.40. The number of rotatable bonds is 3. The van der Waals surface area contributed by atoms with Crippen molar-refractivity contribution >= 4 is 22.8 Å². The van der Waals surface area contributed by atoms with E-state index >= 15 is 0 Å². The Morgan fingerprint density at radius 1 is 1.35 bits per heavy atom. The van der Waals surface area contributed by atoms with Gasteiger partial charge in [0.2, 0.25) is 0 Å². The van der Waals surface area contributed by atoms with E-state index in [1.807, 2.05) is 12.1 Å². The molecule has 1 aliphatic rings. The number of para-hydroxylation sites is 1. The lowest BCUT2D eigenvalue weighted by molar-refractivity contribution is -0.138. The van der Waals surface area contributed by atoms with Gasteiger partial charge in [0.15, 0.2) is 0 Å². The average molecular weight is 272 g/mol. The molecule has 20 heavy (non-hydrogen) atoms. The molecule has 1 amide bonds. The summed E-state index contributed by atoms with van der Waals surface area (Å²) in [6, 6.07) is 4.67. The number of nitrogens with one attached hydrogen (secondary N) is 2. The van der Waals surface area contributed by atoms with Crippen molar-refractivity contribution in [2.75, 3.05) is 0 Å². The summed E-state index contributed by atoms with van der Waals surface area (Å²) in [4.78, 5) is 26.3. The lowest BCUT2D eigenvalue weighted by Crippen LogP contribution is -2.38. The number of fused-ring (bicyclic) bond motifs is 3. The minimum absolute atomic E-state index is 0.356. The predicted molar refractivity (Wildman–Crippen MR) is 74.9 cm³/mol. The van der Waals surface area contributed by atoms with E-state index < -0.39 is 12.0 Å². The van der Waals surface area contributed by atoms with Gasteiger partial charge in [-0.15, -0.1) is 0 Å². The highest BCUT2D eigenvalue weighted by Crippen LogP contribution is 2.31. The average Bonchev–Trinajstić information content (AvgIpc) is 2.98. The van der Waals surface area contributed by atoms with E-state index in [4.69, 9.17) is 5.11 Å². The summed E-state index contributed by atoms with van der Waals surface area (Å²) < 4.78 is 0. The fourth-order valence-electron chi connectivity index (χ4n) is 2.79. The first-order valence-corrected chi connectivity index (χ1v) is 6.74. The highest BCUT2D eigenvalue weighted by molar-refractivity contribution is 6.07. The van der Waals surface area contributed by atoms with Crippen LogP contribution in [0.15, 0.2) is 18.2 Å². The van der Waals surface area contributed by atoms with Gasteiger partial charge in [0, 0.05) is 11.1 Å². The summed E-state index contributed by atoms with van der Waals surface area (Å²) in [6.07, 6.45) is 3.19. The molecule has 0 aliphatic heterocycles. The number of H-pyrrole nitrogens is 1. The molecule has 1 atom stereocenters. The number of hydrogen-bond donors (Lipinski definition) is 3. The van der Waals surface area contributed by atoms with Crippen molar-refractivity contribution in [1.82, 2.24) is 10.3 Å². The molecular weight excluding hydrogens is 256 g/mol. The zero-order valence-electron chi connectivity index (χ0n) is 11.2. The Hall–Kier alpha value is -2.30. The Labute approximate surface area is 116 Å². The summed E-state index contributed by atoms with van der Waals surface area (Å²) in [6.45, 7) is 1.45. The van der Waals surface area contributed by atoms with Crippen LogP contribution in [-0.2, 0) is 17.6 Å². The fourth-order valence-corrected chi connectivity index (χ4v) is 2.79. The zero-order chi connectivity index (χ0) is 14.3. The minimum atomic E-state index is -1.04. The number of aryl methyl sites for hydroxylation is 2. The minimum Gasteiger partial charge on any atom is -0.480 e. The molecule has 2 aromatic rings. The molecule has 0 saturated heterocycles. The maximum absolute atomic E-state index is 12.2. The van der Waals surface area contributed by atoms with Crippen LogP contribution in [0.5, 0.6) is 0 Å². The smallest absolute Gasteiger partial charge is 0.325 e. The van der Waals surface area contributed by atoms with Gasteiger partial charge in [-0.3, -0.25) is 9.59 Å². The highest BCUT2D eigenvalue weighted by atomic mass is 16.4. The van der Waals surface area contributed by atoms with Gasteiger partial charge in [0.1, 0.15) is 6.04 Å². The van der Waals surface area contributed by atoms with Gasteiger partial charge >= 0.3 is 5.97 Å². The van der Waals surface area contributed by atoms with E-state index in [-0.39, 0.29) is 5.91 Å². The van der Waals surface area contributed by atoms with Gasteiger partial charge in [-0.05, 0) is 37.8 Å². The van der Waals surface area contributed by atoms with Crippen LogP contribution >= 0.6 is 0 Å². The molecule has 1 aromatic carbocycles. The molecule has 5 heteroatoms. The number of aromatic amines is 1. The summed E-state index contributed by atoms with van der Waals surface area (Å²) >= 11 is 0. The fraction of sp³-hybridized carbons (Fsp3) is 0.333. The quantitative estimate of drug-likeness (QED) is 0.797. The number of amides is 1. The molecule has 1 heterocycles. The number of carboxylic acid groups (broad SMARTS) is 1. The molecule has 1 aliphatic carbocycles. The summed E-state index contributed by atoms with van der Waals surface area (Å²) in [5, 5.41) is 12.4. The van der Waals surface area contributed by atoms with Gasteiger partial charge in [0.05, 0.1) is 11.1 Å². The second-order valence-electron chi connectivity index (χ2n) is 5.20. The Morgan fingerprint density at radius 3 is 2.90 bits per heavy atom. The largest absolute Gasteiger partial charge is 0.480 e. The molecule has 5 nitrogen and oxygen atoms in total. The summed E-state index contributed by atoms with van der Waals surface area (Å²) in [5.41, 5.74) is 3.81. The van der Waals surface area contributed by atoms with Crippen molar-refractivity contribution in [1.29, 1.82) is 0 Å². The Morgan fingerprint density at radius 2 is 2.15 bits per heavy atom. The Bertz CT molecular complexity index is 702. The van der Waals surface area contributed by atoms with Crippen molar-refractivity contribution in [3.05, 3.63) is 35.0 Å². The molecule has 104 valence electrons. The van der Waals surface area contributed by atoms with Crippen LogP contribution in [0.3, 0.4) is 0 Å². The first-order chi connectivity index (χ1) is 9.58. The first kappa shape index (κ1) is 12.7. The molecule has 1 aromatic heterocycles. The van der Waals surface area contributed by atoms with Crippen LogP contribution in [0, 0.1) is 0 Å². The van der Waals surface area contributed by atoms with Crippen LogP contribution in [-0.4, -0.2) is 28.0 Å². The molecule has 3 rings (SSSR count). The van der Waals surface area contributed by atoms with E-state index in [1.165, 1.54) is 18.2 Å². The van der Waals surface area contributed by atoms with Gasteiger partial charge in [-0.2, -0.15) is 0 Å². The second-order valence-corrected chi connectivity index (χ2v) is 5.20. The highest BCUT2D eigenvalue weighted by Gasteiger charge is 2.22. The molecule has 0 bridgehead atoms. The van der Waals surface area contributed by atoms with Crippen molar-refractivity contribution in [2.24, 2.45) is 0 Å². The third kappa shape index (κ3) is 1.95. The van der Waals surface area contributed by atoms with Crippen LogP contribution in [0.1, 0.15) is 35.0 Å². The number of aliphatic carboxylic acids is 1. The number of carbonyl (C=O) groups excluding carboxylic acids is 1. The van der Waals surface area contributed by atoms with Crippen LogP contribution in [0.25, 0.3) is 10.9 Å². The van der Waals surface area contributed by atoms with Gasteiger partial charge < -0.3 is 15.4 Å². The van der Waals surface area contributed by atoms with E-state index in [0.717, 1.165) is 30.2 Å². The van der Waals surface area contributed by atoms with E-state index in [0.29, 0.717) is 5.56 Å². The van der Waals surface area contributed by atoms with Gasteiger partial charge in [0.25, 0.3) is 5.91 Å². The van der Waals surface area contributed by atoms with E-state index in [2.05, 4.69) is 10.3 Å². The van der Waals surface area contributed by atoms with Gasteiger partial charge in [-0.1, -0.05) is 12.1 Å². The lowest BCUT2D eigenvalue weighted by Gasteiger charge is -2.10. The van der Waals surface area contributed by atoms with Crippen molar-refractivity contribution < 1.29 is 14.7 Å². The van der Waals surface area contributed by atoms with Crippen LogP contribution < -0.4 is 5.32 Å². The Kier molecular flexibility index (Phi) is 2.97. The topological polar surface area (TPSA) is 82.2 Å². The first-order valence-electron chi connectivity index (χ1n) is 6.74. The number of carboxylic acids is 1. The van der Waals surface area contributed by atoms with E-state index in [9.17, 15) is 9.59 Å². The maximum atomic E-state index is 12.2. The monoisotopic (exact) mass is 272 g/mol. The zero-order valence-corrected chi connectivity index (χ0v) is 11.2. The lowest BCUT2D eigenvalue weighted by atomic mass is 10.1. The number of benzene rings is 1. The predicted octanol–water partition coefficient (Wildman–Crippen LogP) is 1.86. The molecule has 0 radical (unpaired) electrons. The third-order valence-corrected chi connectivity index (χ3v) is 3.85. The van der Waals surface area contributed by atoms with Crippen LogP contribution in [0.2, 0.25) is 0 Å². The molecule has 3 N–H and O–H groups in total. The third-order valence-electron chi connectivity index (χ3n) is 3.85. The van der Waals surface area contributed by atoms with Crippen molar-refractivity contribution in [2.45, 2.75) is 32.2 Å². The van der Waals surface area contributed by atoms with Gasteiger partial charge in [-0.25, -0.2) is 0 Å². The molecule has 1 unspecified atom stereocenters. The normalized spacial score (nSPS) is 15.1. The SMILES string of the molecule is CC(NC(=O)c1cccc2c3c([nH]c12)CCC3)C(=O)O. The van der Waals surface area contributed by atoms with Crippen molar-refractivity contribution in [3.8, 4) is 0 Å². The summed E-state index contributed by atoms with van der Waals surface area (Å²) in [7, 11) is 0. The molecule has 0 spiro atoms. The second kappa shape index (κ2) is 4.67. The number of hydrogen-bond acceptors (Lipinski definition) is 2.